The summed E-state index contributed by atoms with van der Waals surface area (Å²) >= 11 is 4.03. The molecule has 0 aliphatic carbocycles. The number of nitrogens with one attached hydrogen (secondary N) is 1. The number of hydrogen-bond acceptors (Lipinski definition) is 2. The molecule has 15 heavy (non-hydrogen) atoms. The lowest BCUT2D eigenvalue weighted by molar-refractivity contribution is 1.10. The van der Waals surface area contributed by atoms with E-state index in [9.17, 15) is 0 Å². The minimum atomic E-state index is 0.586. The molecule has 0 amide bonds. The molecule has 0 saturated heterocycles. The zero-order valence-electron chi connectivity index (χ0n) is 8.07. The SMILES string of the molecule is SCC#Cc1ccc(-c2ccn[nH]2)cc1. The summed E-state index contributed by atoms with van der Waals surface area (Å²) < 4.78 is 0. The Kier molecular flexibility index (Phi) is 3.11. The van der Waals surface area contributed by atoms with Crippen molar-refractivity contribution >= 4 is 12.6 Å². The molecule has 0 spiro atoms. The molecule has 0 bridgehead atoms. The minimum absolute atomic E-state index is 0.586. The number of hydrogen-bond donors (Lipinski definition) is 2. The summed E-state index contributed by atoms with van der Waals surface area (Å²) in [7, 11) is 0. The molecule has 1 N–H and O–H groups in total. The Balaban J connectivity index is 2.25. The summed E-state index contributed by atoms with van der Waals surface area (Å²) in [4.78, 5) is 0. The van der Waals surface area contributed by atoms with Gasteiger partial charge >= 0.3 is 0 Å². The molecule has 0 radical (unpaired) electrons. The van der Waals surface area contributed by atoms with E-state index >= 15 is 0 Å². The van der Waals surface area contributed by atoms with E-state index in [0.29, 0.717) is 5.75 Å². The Morgan fingerprint density at radius 2 is 2.00 bits per heavy atom. The molecule has 3 heteroatoms. The first kappa shape index (κ1) is 9.88. The number of thiol groups is 1. The lowest BCUT2D eigenvalue weighted by atomic mass is 10.1. The maximum atomic E-state index is 4.03. The van der Waals surface area contributed by atoms with Gasteiger partial charge in [-0.05, 0) is 23.8 Å². The highest BCUT2D eigenvalue weighted by molar-refractivity contribution is 7.80. The monoisotopic (exact) mass is 214 g/mol. The van der Waals surface area contributed by atoms with Crippen LogP contribution in [0.25, 0.3) is 11.3 Å². The van der Waals surface area contributed by atoms with Gasteiger partial charge in [0.05, 0.1) is 11.4 Å². The highest BCUT2D eigenvalue weighted by Crippen LogP contribution is 2.15. The van der Waals surface area contributed by atoms with Crippen LogP contribution in [-0.2, 0) is 0 Å². The van der Waals surface area contributed by atoms with E-state index in [1.54, 1.807) is 6.20 Å². The van der Waals surface area contributed by atoms with Crippen molar-refractivity contribution in [1.82, 2.24) is 10.2 Å². The number of rotatable bonds is 1. The van der Waals surface area contributed by atoms with Gasteiger partial charge in [0.15, 0.2) is 0 Å². The number of aromatic nitrogens is 2. The summed E-state index contributed by atoms with van der Waals surface area (Å²) in [6, 6.07) is 9.97. The lowest BCUT2D eigenvalue weighted by Crippen LogP contribution is -1.79. The number of H-pyrrole nitrogens is 1. The molecule has 74 valence electrons. The fraction of sp³-hybridized carbons (Fsp3) is 0.0833. The van der Waals surface area contributed by atoms with Crippen LogP contribution in [0.2, 0.25) is 0 Å². The van der Waals surface area contributed by atoms with E-state index in [1.165, 1.54) is 0 Å². The first-order valence-corrected chi connectivity index (χ1v) is 5.23. The number of aromatic amines is 1. The van der Waals surface area contributed by atoms with E-state index in [-0.39, 0.29) is 0 Å². The molecule has 1 heterocycles. The van der Waals surface area contributed by atoms with E-state index < -0.39 is 0 Å². The van der Waals surface area contributed by atoms with Crippen molar-refractivity contribution in [1.29, 1.82) is 0 Å². The first-order chi connectivity index (χ1) is 7.40. The highest BCUT2D eigenvalue weighted by Gasteiger charge is 1.96. The minimum Gasteiger partial charge on any atom is -0.278 e. The molecule has 0 aliphatic heterocycles. The van der Waals surface area contributed by atoms with Crippen molar-refractivity contribution in [2.45, 2.75) is 0 Å². The third kappa shape index (κ3) is 2.42. The third-order valence-electron chi connectivity index (χ3n) is 2.01. The van der Waals surface area contributed by atoms with Gasteiger partial charge in [-0.25, -0.2) is 0 Å². The van der Waals surface area contributed by atoms with E-state index in [4.69, 9.17) is 0 Å². The molecule has 1 aromatic carbocycles. The normalized spacial score (nSPS) is 9.40. The van der Waals surface area contributed by atoms with Crippen LogP contribution in [0.1, 0.15) is 5.56 Å². The van der Waals surface area contributed by atoms with E-state index in [1.807, 2.05) is 30.3 Å². The molecule has 2 nitrogen and oxygen atoms in total. The lowest BCUT2D eigenvalue weighted by Gasteiger charge is -1.96. The molecule has 0 fully saturated rings. The molecule has 2 rings (SSSR count). The van der Waals surface area contributed by atoms with Crippen LogP contribution in [0.4, 0.5) is 0 Å². The van der Waals surface area contributed by atoms with E-state index in [0.717, 1.165) is 16.8 Å². The van der Waals surface area contributed by atoms with Crippen molar-refractivity contribution in [3.05, 3.63) is 42.1 Å². The van der Waals surface area contributed by atoms with Gasteiger partial charge in [0, 0.05) is 11.8 Å². The van der Waals surface area contributed by atoms with Gasteiger partial charge in [-0.3, -0.25) is 5.10 Å². The third-order valence-corrected chi connectivity index (χ3v) is 2.17. The molecule has 0 saturated carbocycles. The number of benzene rings is 1. The van der Waals surface area contributed by atoms with Gasteiger partial charge in [-0.2, -0.15) is 17.7 Å². The van der Waals surface area contributed by atoms with Crippen LogP contribution in [0.15, 0.2) is 36.5 Å². The Hall–Kier alpha value is -1.66. The second-order valence-corrected chi connectivity index (χ2v) is 3.32. The average Bonchev–Trinajstić information content (AvgIpc) is 2.80. The summed E-state index contributed by atoms with van der Waals surface area (Å²) in [5, 5.41) is 6.83. The zero-order chi connectivity index (χ0) is 10.5. The van der Waals surface area contributed by atoms with Gasteiger partial charge < -0.3 is 0 Å². The smallest absolute Gasteiger partial charge is 0.0650 e. The van der Waals surface area contributed by atoms with E-state index in [2.05, 4.69) is 34.7 Å². The Morgan fingerprint density at radius 3 is 2.60 bits per heavy atom. The molecule has 0 atom stereocenters. The fourth-order valence-electron chi connectivity index (χ4n) is 1.29. The zero-order valence-corrected chi connectivity index (χ0v) is 8.96. The standard InChI is InChI=1S/C12H10N2S/c15-9-1-2-10-3-5-11(6-4-10)12-7-8-13-14-12/h3-8,15H,9H2,(H,13,14). The van der Waals surface area contributed by atoms with Crippen molar-refractivity contribution in [2.75, 3.05) is 5.75 Å². The summed E-state index contributed by atoms with van der Waals surface area (Å²) in [6.45, 7) is 0. The van der Waals surface area contributed by atoms with Gasteiger partial charge in [-0.1, -0.05) is 24.0 Å². The second kappa shape index (κ2) is 4.72. The largest absolute Gasteiger partial charge is 0.278 e. The molecule has 1 aromatic heterocycles. The molecule has 0 aliphatic rings. The van der Waals surface area contributed by atoms with Crippen molar-refractivity contribution in [3.8, 4) is 23.1 Å². The van der Waals surface area contributed by atoms with Crippen LogP contribution in [0.3, 0.4) is 0 Å². The molecule has 0 unspecified atom stereocenters. The summed E-state index contributed by atoms with van der Waals surface area (Å²) in [5.41, 5.74) is 3.14. The van der Waals surface area contributed by atoms with Gasteiger partial charge in [-0.15, -0.1) is 0 Å². The average molecular weight is 214 g/mol. The van der Waals surface area contributed by atoms with Crippen LogP contribution in [0.5, 0.6) is 0 Å². The quantitative estimate of drug-likeness (QED) is 0.553. The maximum absolute atomic E-state index is 4.03. The fourth-order valence-corrected chi connectivity index (χ4v) is 1.37. The number of nitrogens with zero attached hydrogens (tertiary/aromatic N) is 1. The van der Waals surface area contributed by atoms with Gasteiger partial charge in [0.2, 0.25) is 0 Å². The van der Waals surface area contributed by atoms with Crippen molar-refractivity contribution < 1.29 is 0 Å². The van der Waals surface area contributed by atoms with Crippen LogP contribution < -0.4 is 0 Å². The molecular weight excluding hydrogens is 204 g/mol. The Labute approximate surface area is 94.1 Å². The van der Waals surface area contributed by atoms with Crippen LogP contribution in [-0.4, -0.2) is 16.0 Å². The molecular formula is C12H10N2S. The van der Waals surface area contributed by atoms with Gasteiger partial charge in [0.1, 0.15) is 0 Å². The summed E-state index contributed by atoms with van der Waals surface area (Å²) in [5.74, 6) is 6.51. The van der Waals surface area contributed by atoms with Crippen LogP contribution in [0, 0.1) is 11.8 Å². The predicted octanol–water partition coefficient (Wildman–Crippen LogP) is 2.36. The highest BCUT2D eigenvalue weighted by atomic mass is 32.1. The van der Waals surface area contributed by atoms with Crippen molar-refractivity contribution in [2.24, 2.45) is 0 Å². The predicted molar refractivity (Wildman–Crippen MR) is 64.8 cm³/mol. The maximum Gasteiger partial charge on any atom is 0.0650 e. The Morgan fingerprint density at radius 1 is 1.20 bits per heavy atom. The van der Waals surface area contributed by atoms with Gasteiger partial charge in [0.25, 0.3) is 0 Å². The Bertz CT molecular complexity index is 475. The topological polar surface area (TPSA) is 28.7 Å². The first-order valence-electron chi connectivity index (χ1n) is 4.59. The van der Waals surface area contributed by atoms with Crippen LogP contribution >= 0.6 is 12.6 Å². The summed E-state index contributed by atoms with van der Waals surface area (Å²) in [6.07, 6.45) is 1.74. The second-order valence-electron chi connectivity index (χ2n) is 3.01. The molecule has 2 aromatic rings. The van der Waals surface area contributed by atoms with Crippen molar-refractivity contribution in [3.63, 3.8) is 0 Å².